The summed E-state index contributed by atoms with van der Waals surface area (Å²) in [6, 6.07) is 14.2. The fourth-order valence-electron chi connectivity index (χ4n) is 3.10. The molecular weight excluding hydrogens is 388 g/mol. The molecule has 4 rings (SSSR count). The Hall–Kier alpha value is -3.23. The predicted octanol–water partition coefficient (Wildman–Crippen LogP) is 3.31. The Morgan fingerprint density at radius 2 is 1.86 bits per heavy atom. The van der Waals surface area contributed by atoms with E-state index < -0.39 is 10.0 Å². The molecule has 148 valence electrons. The molecule has 0 aliphatic heterocycles. The summed E-state index contributed by atoms with van der Waals surface area (Å²) in [4.78, 5) is 8.40. The summed E-state index contributed by atoms with van der Waals surface area (Å²) in [5, 5.41) is 0. The van der Waals surface area contributed by atoms with Gasteiger partial charge in [-0.25, -0.2) is 13.4 Å². The Morgan fingerprint density at radius 3 is 2.59 bits per heavy atom. The third-order valence-corrected chi connectivity index (χ3v) is 6.39. The summed E-state index contributed by atoms with van der Waals surface area (Å²) in [6.45, 7) is 0.733. The van der Waals surface area contributed by atoms with Gasteiger partial charge in [-0.2, -0.15) is 4.31 Å². The zero-order chi connectivity index (χ0) is 20.1. The lowest BCUT2D eigenvalue weighted by Gasteiger charge is -2.23. The number of furan rings is 1. The lowest BCUT2D eigenvalue weighted by atomic mass is 10.2. The van der Waals surface area contributed by atoms with Crippen molar-refractivity contribution in [1.82, 2.24) is 18.8 Å². The normalized spacial score (nSPS) is 11.8. The van der Waals surface area contributed by atoms with E-state index in [1.54, 1.807) is 61.4 Å². The topological polar surface area (TPSA) is 81.2 Å². The van der Waals surface area contributed by atoms with Gasteiger partial charge in [0.15, 0.2) is 0 Å². The third kappa shape index (κ3) is 4.44. The van der Waals surface area contributed by atoms with Gasteiger partial charge >= 0.3 is 0 Å². The summed E-state index contributed by atoms with van der Waals surface area (Å²) in [5.41, 5.74) is 1.50. The highest BCUT2D eigenvalue weighted by Gasteiger charge is 2.28. The molecule has 3 aromatic heterocycles. The van der Waals surface area contributed by atoms with Crippen LogP contribution in [0.2, 0.25) is 0 Å². The fraction of sp³-hybridized carbons (Fsp3) is 0.143. The van der Waals surface area contributed by atoms with Crippen molar-refractivity contribution < 1.29 is 12.8 Å². The van der Waals surface area contributed by atoms with Gasteiger partial charge in [0.2, 0.25) is 10.0 Å². The van der Waals surface area contributed by atoms with Gasteiger partial charge in [-0.15, -0.1) is 0 Å². The maximum absolute atomic E-state index is 13.7. The van der Waals surface area contributed by atoms with Gasteiger partial charge in [-0.3, -0.25) is 4.98 Å². The van der Waals surface area contributed by atoms with Crippen molar-refractivity contribution >= 4 is 10.0 Å². The Bertz CT molecular complexity index is 1140. The second-order valence-corrected chi connectivity index (χ2v) is 8.46. The van der Waals surface area contributed by atoms with Crippen LogP contribution in [0, 0.1) is 0 Å². The zero-order valence-corrected chi connectivity index (χ0v) is 16.4. The molecule has 8 heteroatoms. The molecule has 0 saturated carbocycles. The van der Waals surface area contributed by atoms with Crippen LogP contribution < -0.4 is 0 Å². The minimum absolute atomic E-state index is 0.129. The molecule has 3 heterocycles. The molecule has 29 heavy (non-hydrogen) atoms. The SMILES string of the molecule is O=S(=O)(c1ccccc1Cn1ccnc1)N(Cc1cccnc1)Cc1ccco1. The molecule has 4 aromatic rings. The first-order valence-corrected chi connectivity index (χ1v) is 10.5. The summed E-state index contributed by atoms with van der Waals surface area (Å²) in [5.74, 6) is 0.574. The predicted molar refractivity (Wildman–Crippen MR) is 107 cm³/mol. The van der Waals surface area contributed by atoms with Gasteiger partial charge in [0.25, 0.3) is 0 Å². The number of imidazole rings is 1. The second-order valence-electron chi connectivity index (χ2n) is 6.56. The van der Waals surface area contributed by atoms with Crippen molar-refractivity contribution in [2.45, 2.75) is 24.5 Å². The van der Waals surface area contributed by atoms with Gasteiger partial charge < -0.3 is 8.98 Å². The van der Waals surface area contributed by atoms with E-state index in [9.17, 15) is 8.42 Å². The molecule has 0 N–H and O–H groups in total. The number of rotatable bonds is 8. The van der Waals surface area contributed by atoms with Crippen LogP contribution in [0.4, 0.5) is 0 Å². The number of benzene rings is 1. The molecule has 0 atom stereocenters. The van der Waals surface area contributed by atoms with Crippen LogP contribution in [-0.4, -0.2) is 27.3 Å². The Labute approximate surface area is 169 Å². The molecule has 0 bridgehead atoms. The third-order valence-electron chi connectivity index (χ3n) is 4.50. The lowest BCUT2D eigenvalue weighted by Crippen LogP contribution is -2.31. The second kappa shape index (κ2) is 8.42. The van der Waals surface area contributed by atoms with E-state index in [4.69, 9.17) is 4.42 Å². The van der Waals surface area contributed by atoms with E-state index in [-0.39, 0.29) is 18.0 Å². The minimum Gasteiger partial charge on any atom is -0.468 e. The highest BCUT2D eigenvalue weighted by molar-refractivity contribution is 7.89. The Morgan fingerprint density at radius 1 is 0.966 bits per heavy atom. The van der Waals surface area contributed by atoms with Crippen molar-refractivity contribution in [2.24, 2.45) is 0 Å². The molecule has 1 aromatic carbocycles. The molecular formula is C21H20N4O3S. The van der Waals surface area contributed by atoms with Gasteiger partial charge in [0.05, 0.1) is 24.0 Å². The van der Waals surface area contributed by atoms with Crippen molar-refractivity contribution in [2.75, 3.05) is 0 Å². The van der Waals surface area contributed by atoms with Crippen molar-refractivity contribution in [1.29, 1.82) is 0 Å². The molecule has 7 nitrogen and oxygen atoms in total. The fourth-order valence-corrected chi connectivity index (χ4v) is 4.71. The first kappa shape index (κ1) is 19.1. The molecule has 0 spiro atoms. The van der Waals surface area contributed by atoms with Crippen molar-refractivity contribution in [3.05, 3.63) is 103 Å². The first-order chi connectivity index (χ1) is 14.1. The Kier molecular flexibility index (Phi) is 5.55. The smallest absolute Gasteiger partial charge is 0.244 e. The Balaban J connectivity index is 1.71. The number of aromatic nitrogens is 3. The number of nitrogens with zero attached hydrogens (tertiary/aromatic N) is 4. The van der Waals surface area contributed by atoms with Crippen LogP contribution in [0.5, 0.6) is 0 Å². The lowest BCUT2D eigenvalue weighted by molar-refractivity contribution is 0.358. The minimum atomic E-state index is -3.80. The molecule has 0 amide bonds. The largest absolute Gasteiger partial charge is 0.468 e. The monoisotopic (exact) mass is 408 g/mol. The van der Waals surface area contributed by atoms with Crippen LogP contribution in [0.25, 0.3) is 0 Å². The van der Waals surface area contributed by atoms with Crippen LogP contribution >= 0.6 is 0 Å². The quantitative estimate of drug-likeness (QED) is 0.447. The van der Waals surface area contributed by atoms with Gasteiger partial charge in [0.1, 0.15) is 5.76 Å². The molecule has 0 fully saturated rings. The highest BCUT2D eigenvalue weighted by Crippen LogP contribution is 2.25. The molecule has 0 unspecified atom stereocenters. The number of hydrogen-bond donors (Lipinski definition) is 0. The van der Waals surface area contributed by atoms with E-state index in [2.05, 4.69) is 9.97 Å². The van der Waals surface area contributed by atoms with Gasteiger partial charge in [-0.1, -0.05) is 24.3 Å². The van der Waals surface area contributed by atoms with E-state index in [0.717, 1.165) is 5.56 Å². The highest BCUT2D eigenvalue weighted by atomic mass is 32.2. The summed E-state index contributed by atoms with van der Waals surface area (Å²) < 4.78 is 36.0. The molecule has 0 radical (unpaired) electrons. The van der Waals surface area contributed by atoms with Crippen LogP contribution in [0.15, 0.2) is 95.2 Å². The van der Waals surface area contributed by atoms with E-state index in [1.165, 1.54) is 10.6 Å². The van der Waals surface area contributed by atoms with Gasteiger partial charge in [-0.05, 0) is 35.4 Å². The number of hydrogen-bond acceptors (Lipinski definition) is 5. The van der Waals surface area contributed by atoms with E-state index in [1.807, 2.05) is 22.8 Å². The summed E-state index contributed by atoms with van der Waals surface area (Å²) in [7, 11) is -3.80. The zero-order valence-electron chi connectivity index (χ0n) is 15.6. The molecule has 0 aliphatic carbocycles. The number of pyridine rings is 1. The summed E-state index contributed by atoms with van der Waals surface area (Å²) >= 11 is 0. The molecule has 0 aliphatic rings. The van der Waals surface area contributed by atoms with Crippen LogP contribution in [-0.2, 0) is 29.7 Å². The van der Waals surface area contributed by atoms with Crippen molar-refractivity contribution in [3.8, 4) is 0 Å². The standard InChI is InChI=1S/C21H20N4O3S/c26-29(27,21-8-2-1-6-19(21)15-24-11-10-23-17-24)25(16-20-7-4-12-28-20)14-18-5-3-9-22-13-18/h1-13,17H,14-16H2. The van der Waals surface area contributed by atoms with Crippen LogP contribution in [0.1, 0.15) is 16.9 Å². The average molecular weight is 408 g/mol. The van der Waals surface area contributed by atoms with Gasteiger partial charge in [0, 0.05) is 37.9 Å². The first-order valence-electron chi connectivity index (χ1n) is 9.08. The van der Waals surface area contributed by atoms with E-state index in [0.29, 0.717) is 17.9 Å². The van der Waals surface area contributed by atoms with Crippen LogP contribution in [0.3, 0.4) is 0 Å². The molecule has 0 saturated heterocycles. The maximum Gasteiger partial charge on any atom is 0.244 e. The van der Waals surface area contributed by atoms with Crippen molar-refractivity contribution in [3.63, 3.8) is 0 Å². The average Bonchev–Trinajstić information content (AvgIpc) is 3.43. The van der Waals surface area contributed by atoms with E-state index >= 15 is 0 Å². The number of sulfonamides is 1. The summed E-state index contributed by atoms with van der Waals surface area (Å²) in [6.07, 6.45) is 10.0. The maximum atomic E-state index is 13.7.